The zero-order valence-electron chi connectivity index (χ0n) is 6.43. The molecule has 0 saturated heterocycles. The summed E-state index contributed by atoms with van der Waals surface area (Å²) in [6, 6.07) is 2.91. The third-order valence-corrected chi connectivity index (χ3v) is 1.76. The van der Waals surface area contributed by atoms with Crippen LogP contribution in [-0.4, -0.2) is 13.4 Å². The van der Waals surface area contributed by atoms with Crippen molar-refractivity contribution in [2.24, 2.45) is 0 Å². The highest BCUT2D eigenvalue weighted by atomic mass is 35.5. The minimum atomic E-state index is 0.275. The lowest BCUT2D eigenvalue weighted by Gasteiger charge is -2.04. The highest BCUT2D eigenvalue weighted by Gasteiger charge is 2.06. The van der Waals surface area contributed by atoms with Gasteiger partial charge < -0.3 is 10.5 Å². The Morgan fingerprint density at radius 1 is 1.58 bits per heavy atom. The smallest absolute Gasteiger partial charge is 0.237 e. The maximum Gasteiger partial charge on any atom is 0.237 e. The molecule has 1 radical (unpaired) electrons. The molecule has 1 rings (SSSR count). The minimum Gasteiger partial charge on any atom is -0.496 e. The van der Waals surface area contributed by atoms with E-state index in [1.807, 2.05) is 0 Å². The molecule has 3 nitrogen and oxygen atoms in total. The maximum atomic E-state index is 10.3. The molecular weight excluding hydrogens is 178 g/mol. The number of nitrogen functional groups attached to an aromatic ring is 1. The summed E-state index contributed by atoms with van der Waals surface area (Å²) in [5.41, 5.74) is 6.13. The first-order valence-corrected chi connectivity index (χ1v) is 3.58. The van der Waals surface area contributed by atoms with E-state index in [0.717, 1.165) is 0 Å². The molecule has 4 heteroatoms. The number of methoxy groups -OCH3 is 1. The summed E-state index contributed by atoms with van der Waals surface area (Å²) in [4.78, 5) is 10.3. The van der Waals surface area contributed by atoms with Crippen LogP contribution >= 0.6 is 11.6 Å². The molecule has 0 bridgehead atoms. The van der Waals surface area contributed by atoms with E-state index in [-0.39, 0.29) is 5.56 Å². The number of halogens is 1. The van der Waals surface area contributed by atoms with Gasteiger partial charge in [0.2, 0.25) is 6.29 Å². The number of carbonyl (C=O) groups excluding carboxylic acids is 1. The Hall–Kier alpha value is -1.22. The van der Waals surface area contributed by atoms with Gasteiger partial charge in [0.05, 0.1) is 23.4 Å². The number of ether oxygens (including phenoxy) is 1. The van der Waals surface area contributed by atoms with E-state index >= 15 is 0 Å². The van der Waals surface area contributed by atoms with Crippen molar-refractivity contribution in [2.45, 2.75) is 0 Å². The number of nitrogens with two attached hydrogens (primary N) is 1. The topological polar surface area (TPSA) is 52.3 Å². The van der Waals surface area contributed by atoms with Crippen molar-refractivity contribution in [3.63, 3.8) is 0 Å². The van der Waals surface area contributed by atoms with E-state index in [2.05, 4.69) is 0 Å². The molecule has 0 amide bonds. The predicted octanol–water partition coefficient (Wildman–Crippen LogP) is 1.39. The van der Waals surface area contributed by atoms with E-state index in [1.54, 1.807) is 6.29 Å². The van der Waals surface area contributed by atoms with Crippen molar-refractivity contribution >= 4 is 23.6 Å². The Morgan fingerprint density at radius 2 is 2.25 bits per heavy atom. The van der Waals surface area contributed by atoms with Crippen molar-refractivity contribution in [3.8, 4) is 5.75 Å². The van der Waals surface area contributed by atoms with Gasteiger partial charge in [0, 0.05) is 6.07 Å². The van der Waals surface area contributed by atoms with Crippen LogP contribution < -0.4 is 10.5 Å². The zero-order valence-corrected chi connectivity index (χ0v) is 7.18. The second kappa shape index (κ2) is 3.45. The van der Waals surface area contributed by atoms with Crippen LogP contribution in [0.1, 0.15) is 5.56 Å². The van der Waals surface area contributed by atoms with Crippen LogP contribution in [0.2, 0.25) is 5.02 Å². The Balaban J connectivity index is 3.28. The summed E-state index contributed by atoms with van der Waals surface area (Å²) >= 11 is 5.66. The molecule has 12 heavy (non-hydrogen) atoms. The summed E-state index contributed by atoms with van der Waals surface area (Å²) in [6.45, 7) is 0. The molecule has 0 saturated carbocycles. The fourth-order valence-electron chi connectivity index (χ4n) is 0.818. The van der Waals surface area contributed by atoms with Crippen molar-refractivity contribution in [1.29, 1.82) is 0 Å². The van der Waals surface area contributed by atoms with Crippen molar-refractivity contribution in [1.82, 2.24) is 0 Å². The summed E-state index contributed by atoms with van der Waals surface area (Å²) < 4.78 is 4.87. The molecule has 0 aromatic heterocycles. The van der Waals surface area contributed by atoms with Gasteiger partial charge in [-0.3, -0.25) is 4.79 Å². The molecule has 0 aliphatic carbocycles. The van der Waals surface area contributed by atoms with Gasteiger partial charge in [0.25, 0.3) is 0 Å². The number of benzene rings is 1. The normalized spacial score (nSPS) is 9.50. The Labute approximate surface area is 75.1 Å². The van der Waals surface area contributed by atoms with Crippen LogP contribution in [0.5, 0.6) is 5.75 Å². The van der Waals surface area contributed by atoms with Gasteiger partial charge in [-0.25, -0.2) is 0 Å². The van der Waals surface area contributed by atoms with Crippen molar-refractivity contribution < 1.29 is 9.53 Å². The molecule has 0 spiro atoms. The quantitative estimate of drug-likeness (QED) is 0.707. The minimum absolute atomic E-state index is 0.275. The lowest BCUT2D eigenvalue weighted by molar-refractivity contribution is 0.413. The average molecular weight is 185 g/mol. The molecule has 0 fully saturated rings. The molecule has 0 heterocycles. The average Bonchev–Trinajstić information content (AvgIpc) is 2.09. The maximum absolute atomic E-state index is 10.3. The van der Waals surface area contributed by atoms with Crippen LogP contribution in [0.3, 0.4) is 0 Å². The van der Waals surface area contributed by atoms with E-state index in [4.69, 9.17) is 22.1 Å². The summed E-state index contributed by atoms with van der Waals surface area (Å²) in [6.07, 6.45) is 1.70. The molecule has 0 unspecified atom stereocenters. The van der Waals surface area contributed by atoms with Crippen LogP contribution in [0.25, 0.3) is 0 Å². The Morgan fingerprint density at radius 3 is 2.75 bits per heavy atom. The van der Waals surface area contributed by atoms with Crippen molar-refractivity contribution in [2.75, 3.05) is 12.8 Å². The summed E-state index contributed by atoms with van der Waals surface area (Å²) in [5.74, 6) is 0.381. The molecule has 2 N–H and O–H groups in total. The predicted molar refractivity (Wildman–Crippen MR) is 47.2 cm³/mol. The zero-order chi connectivity index (χ0) is 9.14. The second-order valence-electron chi connectivity index (χ2n) is 2.18. The van der Waals surface area contributed by atoms with Gasteiger partial charge in [-0.05, 0) is 6.07 Å². The number of hydrogen-bond acceptors (Lipinski definition) is 3. The molecule has 1 aromatic carbocycles. The van der Waals surface area contributed by atoms with Gasteiger partial charge in [-0.2, -0.15) is 0 Å². The fourth-order valence-corrected chi connectivity index (χ4v) is 0.981. The third kappa shape index (κ3) is 1.51. The highest BCUT2D eigenvalue weighted by molar-refractivity contribution is 6.33. The highest BCUT2D eigenvalue weighted by Crippen LogP contribution is 2.27. The van der Waals surface area contributed by atoms with Gasteiger partial charge in [-0.1, -0.05) is 11.6 Å². The SMILES string of the molecule is COc1cc(N)c(Cl)cc1[C]=O. The lowest BCUT2D eigenvalue weighted by atomic mass is 10.2. The molecule has 1 aromatic rings. The molecule has 63 valence electrons. The van der Waals surface area contributed by atoms with Crippen molar-refractivity contribution in [3.05, 3.63) is 22.7 Å². The Kier molecular flexibility index (Phi) is 2.55. The van der Waals surface area contributed by atoms with Crippen LogP contribution in [0.15, 0.2) is 12.1 Å². The summed E-state index contributed by atoms with van der Waals surface area (Å²) in [7, 11) is 1.45. The standard InChI is InChI=1S/C8H7ClNO2/c1-12-8-3-7(10)6(9)2-5(8)4-11/h2-3H,10H2,1H3. The van der Waals surface area contributed by atoms with E-state index in [1.165, 1.54) is 19.2 Å². The van der Waals surface area contributed by atoms with Crippen LogP contribution in [0, 0.1) is 0 Å². The van der Waals surface area contributed by atoms with Crippen LogP contribution in [0.4, 0.5) is 5.69 Å². The first-order chi connectivity index (χ1) is 5.69. The number of rotatable bonds is 2. The largest absolute Gasteiger partial charge is 0.496 e. The van der Waals surface area contributed by atoms with E-state index in [9.17, 15) is 4.79 Å². The van der Waals surface area contributed by atoms with E-state index < -0.39 is 0 Å². The molecule has 0 aliphatic heterocycles. The number of anilines is 1. The van der Waals surface area contributed by atoms with Crippen LogP contribution in [-0.2, 0) is 4.79 Å². The molecule has 0 atom stereocenters. The monoisotopic (exact) mass is 184 g/mol. The summed E-state index contributed by atoms with van der Waals surface area (Å²) in [5, 5.41) is 0.328. The lowest BCUT2D eigenvalue weighted by Crippen LogP contribution is -1.94. The first kappa shape index (κ1) is 8.87. The first-order valence-electron chi connectivity index (χ1n) is 3.20. The molecular formula is C8H7ClNO2. The Bertz CT molecular complexity index is 312. The van der Waals surface area contributed by atoms with Gasteiger partial charge in [0.15, 0.2) is 0 Å². The van der Waals surface area contributed by atoms with E-state index in [0.29, 0.717) is 16.5 Å². The molecule has 0 aliphatic rings. The van der Waals surface area contributed by atoms with Gasteiger partial charge in [0.1, 0.15) is 5.75 Å². The van der Waals surface area contributed by atoms with Gasteiger partial charge in [-0.15, -0.1) is 0 Å². The second-order valence-corrected chi connectivity index (χ2v) is 2.58. The number of hydrogen-bond donors (Lipinski definition) is 1. The third-order valence-electron chi connectivity index (χ3n) is 1.43. The fraction of sp³-hybridized carbons (Fsp3) is 0.125. The van der Waals surface area contributed by atoms with Gasteiger partial charge >= 0.3 is 0 Å².